The van der Waals surface area contributed by atoms with Gasteiger partial charge in [0, 0.05) is 55.4 Å². The van der Waals surface area contributed by atoms with Gasteiger partial charge in [0.1, 0.15) is 11.5 Å². The number of piperazine rings is 1. The highest BCUT2D eigenvalue weighted by atomic mass is 16.3. The van der Waals surface area contributed by atoms with E-state index in [1.165, 1.54) is 0 Å². The molecule has 3 atom stereocenters. The molecule has 2 saturated heterocycles. The number of nitrogens with zero attached hydrogens (tertiary/aromatic N) is 5. The van der Waals surface area contributed by atoms with Gasteiger partial charge in [0.25, 0.3) is 0 Å². The molecule has 3 N–H and O–H groups in total. The number of rotatable bonds is 6. The van der Waals surface area contributed by atoms with Gasteiger partial charge in [-0.15, -0.1) is 0 Å². The van der Waals surface area contributed by atoms with E-state index in [4.69, 9.17) is 4.98 Å². The summed E-state index contributed by atoms with van der Waals surface area (Å²) in [6.07, 6.45) is 6.73. The first kappa shape index (κ1) is 19.2. The summed E-state index contributed by atoms with van der Waals surface area (Å²) in [4.78, 5) is 16.5. The van der Waals surface area contributed by atoms with Gasteiger partial charge < -0.3 is 20.6 Å². The fraction of sp³-hybridized carbons (Fsp3) is 0.292. The lowest BCUT2D eigenvalue weighted by Crippen LogP contribution is -2.44. The third kappa shape index (κ3) is 3.37. The van der Waals surface area contributed by atoms with Crippen molar-refractivity contribution in [1.82, 2.24) is 24.7 Å². The van der Waals surface area contributed by atoms with E-state index in [0.717, 1.165) is 47.9 Å². The van der Waals surface area contributed by atoms with E-state index in [1.807, 2.05) is 60.9 Å². The third-order valence-electron chi connectivity index (χ3n) is 6.45. The first-order valence-corrected chi connectivity index (χ1v) is 11.0. The van der Waals surface area contributed by atoms with E-state index in [2.05, 4.69) is 29.9 Å². The number of hydrogen-bond acceptors (Lipinski definition) is 7. The van der Waals surface area contributed by atoms with Crippen molar-refractivity contribution in [3.05, 3.63) is 72.7 Å². The Morgan fingerprint density at radius 2 is 2.03 bits per heavy atom. The predicted octanol–water partition coefficient (Wildman–Crippen LogP) is 2.49. The average molecular weight is 428 g/mol. The molecule has 1 aromatic carbocycles. The molecule has 32 heavy (non-hydrogen) atoms. The lowest BCUT2D eigenvalue weighted by atomic mass is 10.1. The molecule has 6 rings (SSSR count). The smallest absolute Gasteiger partial charge is 0.212 e. The highest BCUT2D eigenvalue weighted by molar-refractivity contribution is 5.68. The van der Waals surface area contributed by atoms with E-state index < -0.39 is 0 Å². The molecule has 0 aliphatic carbocycles. The van der Waals surface area contributed by atoms with Crippen LogP contribution in [0.15, 0.2) is 67.1 Å². The number of aliphatic hydroxyl groups excluding tert-OH is 1. The van der Waals surface area contributed by atoms with Gasteiger partial charge >= 0.3 is 0 Å². The highest BCUT2D eigenvalue weighted by Crippen LogP contribution is 2.31. The summed E-state index contributed by atoms with van der Waals surface area (Å²) in [7, 11) is 0. The van der Waals surface area contributed by atoms with Crippen LogP contribution in [0.3, 0.4) is 0 Å². The first-order chi connectivity index (χ1) is 15.8. The van der Waals surface area contributed by atoms with Crippen molar-refractivity contribution in [2.24, 2.45) is 0 Å². The molecule has 8 nitrogen and oxygen atoms in total. The molecule has 2 bridgehead atoms. The first-order valence-electron chi connectivity index (χ1n) is 11.0. The second kappa shape index (κ2) is 7.89. The van der Waals surface area contributed by atoms with Crippen molar-refractivity contribution in [3.8, 4) is 11.3 Å². The van der Waals surface area contributed by atoms with Crippen LogP contribution in [0.25, 0.3) is 16.9 Å². The Morgan fingerprint density at radius 1 is 1.12 bits per heavy atom. The molecule has 0 amide bonds. The van der Waals surface area contributed by atoms with Crippen LogP contribution in [0.1, 0.15) is 18.0 Å². The fourth-order valence-electron chi connectivity index (χ4n) is 4.83. The highest BCUT2D eigenvalue weighted by Gasteiger charge is 2.39. The third-order valence-corrected chi connectivity index (χ3v) is 6.45. The summed E-state index contributed by atoms with van der Waals surface area (Å²) < 4.78 is 2.07. The number of imidazole rings is 1. The lowest BCUT2D eigenvalue weighted by molar-refractivity contribution is 0.276. The second-order valence-corrected chi connectivity index (χ2v) is 8.46. The molecule has 2 fully saturated rings. The van der Waals surface area contributed by atoms with E-state index in [-0.39, 0.29) is 12.6 Å². The molecular weight excluding hydrogens is 402 g/mol. The van der Waals surface area contributed by atoms with Crippen molar-refractivity contribution < 1.29 is 5.11 Å². The number of hydrogen-bond donors (Lipinski definition) is 3. The molecular formula is C24H25N7O. The van der Waals surface area contributed by atoms with Crippen LogP contribution in [0.2, 0.25) is 0 Å². The number of aliphatic hydroxyl groups is 1. The van der Waals surface area contributed by atoms with Crippen LogP contribution in [0.5, 0.6) is 0 Å². The molecule has 2 aliphatic heterocycles. The van der Waals surface area contributed by atoms with Crippen LogP contribution in [-0.4, -0.2) is 56.2 Å². The summed E-state index contributed by atoms with van der Waals surface area (Å²) in [6, 6.07) is 16.6. The number of anilines is 2. The topological polar surface area (TPSA) is 90.6 Å². The molecule has 5 heterocycles. The van der Waals surface area contributed by atoms with Gasteiger partial charge in [0.15, 0.2) is 0 Å². The van der Waals surface area contributed by atoms with Gasteiger partial charge in [-0.2, -0.15) is 0 Å². The standard InChI is InChI=1S/C24H25N7O/c32-15-21(16-4-2-1-3-5-16)28-22-10-17(6-7-25-22)20-12-23-26-8-9-30(23)24(29-20)31-14-18-11-19(31)13-27-18/h1-10,12,18-19,21,27,32H,11,13-15H2,(H,25,28). The van der Waals surface area contributed by atoms with Gasteiger partial charge in [-0.05, 0) is 24.1 Å². The zero-order valence-electron chi connectivity index (χ0n) is 17.6. The average Bonchev–Trinajstić information content (AvgIpc) is 3.60. The van der Waals surface area contributed by atoms with Crippen LogP contribution in [-0.2, 0) is 0 Å². The van der Waals surface area contributed by atoms with Gasteiger partial charge in [-0.25, -0.2) is 15.0 Å². The molecule has 4 aromatic rings. The summed E-state index contributed by atoms with van der Waals surface area (Å²) in [5.74, 6) is 1.63. The number of nitrogens with one attached hydrogen (secondary N) is 2. The van der Waals surface area contributed by atoms with Crippen molar-refractivity contribution in [2.75, 3.05) is 29.9 Å². The Hall–Kier alpha value is -3.49. The zero-order chi connectivity index (χ0) is 21.5. The monoisotopic (exact) mass is 427 g/mol. The summed E-state index contributed by atoms with van der Waals surface area (Å²) >= 11 is 0. The fourth-order valence-corrected chi connectivity index (χ4v) is 4.83. The molecule has 3 aromatic heterocycles. The van der Waals surface area contributed by atoms with Gasteiger partial charge in [0.2, 0.25) is 5.95 Å². The normalized spacial score (nSPS) is 20.7. The Bertz CT molecular complexity index is 1240. The van der Waals surface area contributed by atoms with E-state index in [0.29, 0.717) is 17.9 Å². The maximum absolute atomic E-state index is 9.91. The summed E-state index contributed by atoms with van der Waals surface area (Å²) in [5.41, 5.74) is 3.71. The molecule has 162 valence electrons. The predicted molar refractivity (Wildman–Crippen MR) is 124 cm³/mol. The van der Waals surface area contributed by atoms with E-state index in [9.17, 15) is 5.11 Å². The molecule has 3 unspecified atom stereocenters. The quantitative estimate of drug-likeness (QED) is 0.436. The zero-order valence-corrected chi connectivity index (χ0v) is 17.6. The van der Waals surface area contributed by atoms with Gasteiger partial charge in [-0.1, -0.05) is 30.3 Å². The van der Waals surface area contributed by atoms with Crippen molar-refractivity contribution in [2.45, 2.75) is 24.5 Å². The Kier molecular flexibility index (Phi) is 4.74. The van der Waals surface area contributed by atoms with Gasteiger partial charge in [-0.3, -0.25) is 4.40 Å². The maximum atomic E-state index is 9.91. The lowest BCUT2D eigenvalue weighted by Gasteiger charge is -2.29. The maximum Gasteiger partial charge on any atom is 0.212 e. The largest absolute Gasteiger partial charge is 0.394 e. The number of benzene rings is 1. The van der Waals surface area contributed by atoms with Gasteiger partial charge in [0.05, 0.1) is 18.3 Å². The minimum absolute atomic E-state index is 0.0239. The Labute approximate surface area is 186 Å². The number of fused-ring (bicyclic) bond motifs is 3. The minimum atomic E-state index is -0.232. The molecule has 0 spiro atoms. The number of aromatic nitrogens is 4. The van der Waals surface area contributed by atoms with E-state index >= 15 is 0 Å². The van der Waals surface area contributed by atoms with Crippen LogP contribution in [0.4, 0.5) is 11.8 Å². The van der Waals surface area contributed by atoms with Crippen molar-refractivity contribution in [3.63, 3.8) is 0 Å². The molecule has 8 heteroatoms. The SMILES string of the molecule is OCC(Nc1cc(-c2cc3nccn3c(N3CC4CC3CN4)n2)ccn1)c1ccccc1. The number of pyridine rings is 1. The van der Waals surface area contributed by atoms with Crippen molar-refractivity contribution >= 4 is 17.4 Å². The Morgan fingerprint density at radius 3 is 2.81 bits per heavy atom. The summed E-state index contributed by atoms with van der Waals surface area (Å²) in [6.45, 7) is 1.94. The molecule has 2 aliphatic rings. The van der Waals surface area contributed by atoms with Crippen LogP contribution < -0.4 is 15.5 Å². The molecule has 0 radical (unpaired) electrons. The van der Waals surface area contributed by atoms with Crippen LogP contribution >= 0.6 is 0 Å². The molecule has 0 saturated carbocycles. The second-order valence-electron chi connectivity index (χ2n) is 8.46. The van der Waals surface area contributed by atoms with Crippen LogP contribution in [0, 0.1) is 0 Å². The van der Waals surface area contributed by atoms with Crippen molar-refractivity contribution in [1.29, 1.82) is 0 Å². The summed E-state index contributed by atoms with van der Waals surface area (Å²) in [5, 5.41) is 16.8. The Balaban J connectivity index is 1.34. The minimum Gasteiger partial charge on any atom is -0.394 e. The van der Waals surface area contributed by atoms with E-state index in [1.54, 1.807) is 6.20 Å².